The Morgan fingerprint density at radius 1 is 1.00 bits per heavy atom. The van der Waals surface area contributed by atoms with Gasteiger partial charge in [0.15, 0.2) is 11.2 Å². The van der Waals surface area contributed by atoms with Crippen LogP contribution in [0.15, 0.2) is 66.7 Å². The average Bonchev–Trinajstić information content (AvgIpc) is 3.27. The van der Waals surface area contributed by atoms with Gasteiger partial charge in [-0.2, -0.15) is 0 Å². The van der Waals surface area contributed by atoms with Gasteiger partial charge in [0, 0.05) is 18.1 Å². The van der Waals surface area contributed by atoms with Crippen LogP contribution in [0.1, 0.15) is 22.6 Å². The van der Waals surface area contributed by atoms with Crippen molar-refractivity contribution in [3.8, 4) is 23.0 Å². The van der Waals surface area contributed by atoms with Gasteiger partial charge in [0.1, 0.15) is 29.1 Å². The number of carbonyl (C=O) groups is 1. The first-order valence-electron chi connectivity index (χ1n) is 11.4. The Kier molecular flexibility index (Phi) is 5.78. The third kappa shape index (κ3) is 3.10. The highest BCUT2D eigenvalue weighted by Gasteiger charge is 2.78. The van der Waals surface area contributed by atoms with Crippen molar-refractivity contribution in [2.24, 2.45) is 5.92 Å². The number of nitrogens with one attached hydrogen (secondary N) is 1. The van der Waals surface area contributed by atoms with Crippen molar-refractivity contribution in [3.05, 3.63) is 83.4 Å². The molecule has 2 aliphatic rings. The van der Waals surface area contributed by atoms with E-state index in [1.54, 1.807) is 36.4 Å². The Labute approximate surface area is 207 Å². The van der Waals surface area contributed by atoms with E-state index in [-0.39, 0.29) is 22.8 Å². The van der Waals surface area contributed by atoms with Gasteiger partial charge >= 0.3 is 0 Å². The molecule has 0 bridgehead atoms. The lowest BCUT2D eigenvalue weighted by molar-refractivity contribution is -0.157. The fourth-order valence-electron chi connectivity index (χ4n) is 5.83. The van der Waals surface area contributed by atoms with Gasteiger partial charge in [0.2, 0.25) is 5.91 Å². The van der Waals surface area contributed by atoms with E-state index in [1.807, 2.05) is 18.2 Å². The number of hydrogen-bond acceptors (Lipinski definition) is 8. The molecule has 5 rings (SSSR count). The van der Waals surface area contributed by atoms with Crippen molar-refractivity contribution < 1.29 is 39.2 Å². The molecule has 0 saturated heterocycles. The van der Waals surface area contributed by atoms with Crippen LogP contribution in [0.25, 0.3) is 0 Å². The number of aromatic hydroxyl groups is 1. The minimum Gasteiger partial charge on any atom is -0.508 e. The van der Waals surface area contributed by atoms with Crippen molar-refractivity contribution in [3.63, 3.8) is 0 Å². The standard InChI is InChI=1S/C27H27NO8/c1-33-18-13-19(34-2)23-20(14-18)36-27(16-9-11-17(29)12-10-16)22(15-7-5-4-6-8-15)21(25(31)28-35-3)24(30)26(23,27)32/h4-14,21-22,24,29-30,32H,1-3H3,(H,28,31)/t21-,22-,24-,26+,27+/m0/s1. The Morgan fingerprint density at radius 3 is 2.31 bits per heavy atom. The molecular formula is C27H27NO8. The maximum Gasteiger partial charge on any atom is 0.250 e. The molecule has 1 aliphatic carbocycles. The number of fused-ring (bicyclic) bond motifs is 3. The van der Waals surface area contributed by atoms with Crippen molar-refractivity contribution in [2.45, 2.75) is 23.2 Å². The first kappa shape index (κ1) is 23.9. The summed E-state index contributed by atoms with van der Waals surface area (Å²) in [7, 11) is 4.22. The highest BCUT2D eigenvalue weighted by atomic mass is 16.6. The van der Waals surface area contributed by atoms with Crippen molar-refractivity contribution >= 4 is 5.91 Å². The predicted octanol–water partition coefficient (Wildman–Crippen LogP) is 2.34. The van der Waals surface area contributed by atoms with E-state index < -0.39 is 35.0 Å². The zero-order valence-electron chi connectivity index (χ0n) is 20.0. The number of benzene rings is 3. The maximum atomic E-state index is 13.4. The summed E-state index contributed by atoms with van der Waals surface area (Å²) in [6.07, 6.45) is -1.64. The number of aliphatic hydroxyl groups excluding tert-OH is 1. The number of phenolic OH excluding ortho intramolecular Hbond substituents is 1. The lowest BCUT2D eigenvalue weighted by Gasteiger charge is -2.40. The van der Waals surface area contributed by atoms with Crippen LogP contribution in [0, 0.1) is 5.92 Å². The van der Waals surface area contributed by atoms with Crippen LogP contribution >= 0.6 is 0 Å². The number of ether oxygens (including phenoxy) is 3. The fourth-order valence-corrected chi connectivity index (χ4v) is 5.83. The Bertz CT molecular complexity index is 1280. The highest BCUT2D eigenvalue weighted by Crippen LogP contribution is 2.70. The number of rotatable bonds is 6. The van der Waals surface area contributed by atoms with Gasteiger partial charge < -0.3 is 29.5 Å². The molecule has 1 saturated carbocycles. The second kappa shape index (κ2) is 8.70. The lowest BCUT2D eigenvalue weighted by atomic mass is 9.70. The number of hydroxylamine groups is 1. The molecule has 1 amide bonds. The van der Waals surface area contributed by atoms with Gasteiger partial charge in [0.25, 0.3) is 0 Å². The van der Waals surface area contributed by atoms with Gasteiger partial charge in [0.05, 0.1) is 32.8 Å². The number of carbonyl (C=O) groups excluding carboxylic acids is 1. The van der Waals surface area contributed by atoms with Gasteiger partial charge in [-0.15, -0.1) is 0 Å². The molecule has 1 heterocycles. The van der Waals surface area contributed by atoms with Crippen molar-refractivity contribution in [2.75, 3.05) is 21.3 Å². The van der Waals surface area contributed by atoms with Gasteiger partial charge in [-0.1, -0.05) is 42.5 Å². The van der Waals surface area contributed by atoms with Crippen LogP contribution < -0.4 is 19.7 Å². The molecule has 1 aliphatic heterocycles. The van der Waals surface area contributed by atoms with Crippen LogP contribution in [0.2, 0.25) is 0 Å². The number of amides is 1. The largest absolute Gasteiger partial charge is 0.508 e. The average molecular weight is 494 g/mol. The second-order valence-electron chi connectivity index (χ2n) is 8.88. The monoisotopic (exact) mass is 493 g/mol. The summed E-state index contributed by atoms with van der Waals surface area (Å²) >= 11 is 0. The van der Waals surface area contributed by atoms with E-state index >= 15 is 0 Å². The number of hydrogen-bond donors (Lipinski definition) is 4. The molecular weight excluding hydrogens is 466 g/mol. The normalized spacial score (nSPS) is 28.1. The van der Waals surface area contributed by atoms with Gasteiger partial charge in [-0.05, 0) is 23.3 Å². The summed E-state index contributed by atoms with van der Waals surface area (Å²) in [6.45, 7) is 0. The van der Waals surface area contributed by atoms with Gasteiger partial charge in [-0.3, -0.25) is 9.63 Å². The molecule has 5 atom stereocenters. The number of aliphatic hydroxyl groups is 2. The van der Waals surface area contributed by atoms with Crippen molar-refractivity contribution in [1.82, 2.24) is 5.48 Å². The molecule has 0 radical (unpaired) electrons. The predicted molar refractivity (Wildman–Crippen MR) is 128 cm³/mol. The Balaban J connectivity index is 1.88. The summed E-state index contributed by atoms with van der Waals surface area (Å²) in [5.41, 5.74) is -0.237. The summed E-state index contributed by atoms with van der Waals surface area (Å²) in [4.78, 5) is 18.2. The molecule has 1 fully saturated rings. The molecule has 9 heteroatoms. The third-order valence-electron chi connectivity index (χ3n) is 7.24. The van der Waals surface area contributed by atoms with E-state index in [4.69, 9.17) is 19.0 Å². The smallest absolute Gasteiger partial charge is 0.250 e. The second-order valence-corrected chi connectivity index (χ2v) is 8.88. The summed E-state index contributed by atoms with van der Waals surface area (Å²) in [5, 5.41) is 34.5. The first-order chi connectivity index (χ1) is 17.3. The molecule has 4 N–H and O–H groups in total. The van der Waals surface area contributed by atoms with Crippen LogP contribution in [0.3, 0.4) is 0 Å². The summed E-state index contributed by atoms with van der Waals surface area (Å²) < 4.78 is 17.7. The molecule has 0 aromatic heterocycles. The maximum absolute atomic E-state index is 13.4. The molecule has 0 spiro atoms. The summed E-state index contributed by atoms with van der Waals surface area (Å²) in [5.74, 6) is -1.80. The molecule has 188 valence electrons. The minimum atomic E-state index is -2.15. The third-order valence-corrected chi connectivity index (χ3v) is 7.24. The van der Waals surface area contributed by atoms with Crippen LogP contribution in [-0.4, -0.2) is 48.7 Å². The fraction of sp³-hybridized carbons (Fsp3) is 0.296. The number of methoxy groups -OCH3 is 2. The summed E-state index contributed by atoms with van der Waals surface area (Å²) in [6, 6.07) is 18.4. The van der Waals surface area contributed by atoms with E-state index in [0.717, 1.165) is 0 Å². The van der Waals surface area contributed by atoms with Crippen LogP contribution in [-0.2, 0) is 20.8 Å². The van der Waals surface area contributed by atoms with E-state index in [2.05, 4.69) is 5.48 Å². The Hall–Kier alpha value is -3.79. The van der Waals surface area contributed by atoms with E-state index in [9.17, 15) is 20.1 Å². The topological polar surface area (TPSA) is 127 Å². The van der Waals surface area contributed by atoms with E-state index in [0.29, 0.717) is 16.9 Å². The molecule has 0 unspecified atom stereocenters. The number of phenols is 1. The zero-order valence-corrected chi connectivity index (χ0v) is 20.0. The van der Waals surface area contributed by atoms with E-state index in [1.165, 1.54) is 33.5 Å². The molecule has 36 heavy (non-hydrogen) atoms. The minimum absolute atomic E-state index is 0.0110. The molecule has 3 aromatic carbocycles. The van der Waals surface area contributed by atoms with Crippen LogP contribution in [0.4, 0.5) is 0 Å². The molecule has 9 nitrogen and oxygen atoms in total. The lowest BCUT2D eigenvalue weighted by Crippen LogP contribution is -2.52. The highest BCUT2D eigenvalue weighted by molar-refractivity contribution is 5.82. The van der Waals surface area contributed by atoms with Gasteiger partial charge in [-0.25, -0.2) is 5.48 Å². The first-order valence-corrected chi connectivity index (χ1v) is 11.4. The molecule has 3 aromatic rings. The SMILES string of the molecule is CONC(=O)[C@@H]1[C@H](O)[C@]2(O)c3c(OC)cc(OC)cc3O[C@]2(c2ccc(O)cc2)[C@H]1c1ccccc1. The van der Waals surface area contributed by atoms with Crippen LogP contribution in [0.5, 0.6) is 23.0 Å². The quantitative estimate of drug-likeness (QED) is 0.386. The zero-order chi connectivity index (χ0) is 25.7. The van der Waals surface area contributed by atoms with Crippen molar-refractivity contribution in [1.29, 1.82) is 0 Å². The Morgan fingerprint density at radius 2 is 1.69 bits per heavy atom.